The van der Waals surface area contributed by atoms with Gasteiger partial charge in [-0.25, -0.2) is 4.39 Å². The van der Waals surface area contributed by atoms with Crippen LogP contribution in [-0.2, 0) is 6.54 Å². The average Bonchev–Trinajstić information content (AvgIpc) is 3.18. The van der Waals surface area contributed by atoms with Gasteiger partial charge in [0, 0.05) is 12.6 Å². The van der Waals surface area contributed by atoms with Crippen molar-refractivity contribution in [3.8, 4) is 11.3 Å². The average molecular weight is 299 g/mol. The maximum absolute atomic E-state index is 12.9. The van der Waals surface area contributed by atoms with Crippen LogP contribution in [0.2, 0.25) is 0 Å². The fourth-order valence-electron chi connectivity index (χ4n) is 2.11. The molecule has 1 amide bonds. The van der Waals surface area contributed by atoms with Gasteiger partial charge in [0.1, 0.15) is 17.3 Å². The number of aromatic amines is 1. The van der Waals surface area contributed by atoms with Crippen molar-refractivity contribution in [2.45, 2.75) is 6.54 Å². The molecule has 0 bridgehead atoms. The number of nitrogens with one attached hydrogen (secondary N) is 1. The van der Waals surface area contributed by atoms with E-state index >= 15 is 0 Å². The summed E-state index contributed by atoms with van der Waals surface area (Å²) < 4.78 is 18.1. The minimum Gasteiger partial charge on any atom is -0.467 e. The lowest BCUT2D eigenvalue weighted by atomic mass is 10.1. The molecule has 0 radical (unpaired) electrons. The molecule has 1 N–H and O–H groups in total. The van der Waals surface area contributed by atoms with E-state index in [1.54, 1.807) is 43.6 Å². The highest BCUT2D eigenvalue weighted by molar-refractivity contribution is 5.93. The van der Waals surface area contributed by atoms with Gasteiger partial charge in [-0.1, -0.05) is 0 Å². The highest BCUT2D eigenvalue weighted by Gasteiger charge is 2.16. The van der Waals surface area contributed by atoms with Crippen LogP contribution < -0.4 is 0 Å². The Labute approximate surface area is 126 Å². The van der Waals surface area contributed by atoms with E-state index in [1.165, 1.54) is 17.0 Å². The minimum atomic E-state index is -0.311. The summed E-state index contributed by atoms with van der Waals surface area (Å²) in [7, 11) is 1.68. The number of furan rings is 1. The Morgan fingerprint density at radius 3 is 2.77 bits per heavy atom. The zero-order valence-electron chi connectivity index (χ0n) is 11.9. The number of benzene rings is 1. The van der Waals surface area contributed by atoms with Crippen LogP contribution in [0.5, 0.6) is 0 Å². The summed E-state index contributed by atoms with van der Waals surface area (Å²) in [6.45, 7) is 0.372. The molecule has 0 unspecified atom stereocenters. The van der Waals surface area contributed by atoms with Crippen molar-refractivity contribution in [3.05, 3.63) is 66.0 Å². The maximum Gasteiger partial charge on any atom is 0.272 e. The van der Waals surface area contributed by atoms with Crippen LogP contribution in [0.25, 0.3) is 11.3 Å². The van der Waals surface area contributed by atoms with E-state index in [4.69, 9.17) is 4.42 Å². The van der Waals surface area contributed by atoms with E-state index in [9.17, 15) is 9.18 Å². The maximum atomic E-state index is 12.9. The predicted molar refractivity (Wildman–Crippen MR) is 78.5 cm³/mol. The summed E-state index contributed by atoms with van der Waals surface area (Å²) in [5.74, 6) is 0.195. The molecule has 0 fully saturated rings. The summed E-state index contributed by atoms with van der Waals surface area (Å²) in [6.07, 6.45) is 1.57. The van der Waals surface area contributed by atoms with Gasteiger partial charge >= 0.3 is 0 Å². The first-order chi connectivity index (χ1) is 10.6. The molecule has 0 aliphatic rings. The smallest absolute Gasteiger partial charge is 0.272 e. The quantitative estimate of drug-likeness (QED) is 0.805. The number of nitrogens with zero attached hydrogens (tertiary/aromatic N) is 2. The van der Waals surface area contributed by atoms with Crippen molar-refractivity contribution in [3.63, 3.8) is 0 Å². The molecule has 6 heteroatoms. The lowest BCUT2D eigenvalue weighted by Crippen LogP contribution is -2.26. The standard InChI is InChI=1S/C16H14FN3O2/c1-20(10-13-3-2-8-22-13)16(21)15-9-14(18-19-15)11-4-6-12(17)7-5-11/h2-9H,10H2,1H3,(H,18,19). The van der Waals surface area contributed by atoms with Crippen LogP contribution in [0.3, 0.4) is 0 Å². The third-order valence-electron chi connectivity index (χ3n) is 3.27. The van der Waals surface area contributed by atoms with Crippen molar-refractivity contribution in [2.75, 3.05) is 7.05 Å². The normalized spacial score (nSPS) is 10.6. The molecule has 112 valence electrons. The first-order valence-electron chi connectivity index (χ1n) is 6.72. The number of rotatable bonds is 4. The molecule has 3 aromatic rings. The highest BCUT2D eigenvalue weighted by Crippen LogP contribution is 2.19. The van der Waals surface area contributed by atoms with Gasteiger partial charge in [-0.3, -0.25) is 9.89 Å². The van der Waals surface area contributed by atoms with E-state index in [2.05, 4.69) is 10.2 Å². The number of carbonyl (C=O) groups is 1. The number of aromatic nitrogens is 2. The third kappa shape index (κ3) is 2.90. The number of hydrogen-bond acceptors (Lipinski definition) is 3. The number of halogens is 1. The van der Waals surface area contributed by atoms with Gasteiger partial charge in [-0.05, 0) is 42.5 Å². The van der Waals surface area contributed by atoms with Crippen LogP contribution in [0, 0.1) is 5.82 Å². The van der Waals surface area contributed by atoms with E-state index in [1.807, 2.05) is 0 Å². The molecule has 3 rings (SSSR count). The second kappa shape index (κ2) is 5.85. The Hall–Kier alpha value is -2.89. The van der Waals surface area contributed by atoms with Gasteiger partial charge in [0.05, 0.1) is 18.5 Å². The Balaban J connectivity index is 1.75. The summed E-state index contributed by atoms with van der Waals surface area (Å²) >= 11 is 0. The summed E-state index contributed by atoms with van der Waals surface area (Å²) in [5, 5.41) is 6.81. The van der Waals surface area contributed by atoms with Crippen molar-refractivity contribution in [1.29, 1.82) is 0 Å². The summed E-state index contributed by atoms with van der Waals surface area (Å²) in [5.41, 5.74) is 1.70. The molecule has 2 aromatic heterocycles. The lowest BCUT2D eigenvalue weighted by Gasteiger charge is -2.14. The lowest BCUT2D eigenvalue weighted by molar-refractivity contribution is 0.0769. The number of amides is 1. The molecule has 0 aliphatic carbocycles. The SMILES string of the molecule is CN(Cc1ccco1)C(=O)c1cc(-c2ccc(F)cc2)n[nH]1. The van der Waals surface area contributed by atoms with Gasteiger partial charge in [-0.2, -0.15) is 5.10 Å². The van der Waals surface area contributed by atoms with Crippen molar-refractivity contribution in [2.24, 2.45) is 0 Å². The van der Waals surface area contributed by atoms with Gasteiger partial charge in [0.15, 0.2) is 0 Å². The Morgan fingerprint density at radius 1 is 1.32 bits per heavy atom. The van der Waals surface area contributed by atoms with Crippen LogP contribution in [0.1, 0.15) is 16.2 Å². The second-order valence-corrected chi connectivity index (χ2v) is 4.91. The molecular weight excluding hydrogens is 285 g/mol. The van der Waals surface area contributed by atoms with Crippen LogP contribution in [0.15, 0.2) is 53.1 Å². The monoisotopic (exact) mass is 299 g/mol. The van der Waals surface area contributed by atoms with E-state index in [0.717, 1.165) is 5.56 Å². The molecule has 2 heterocycles. The molecule has 0 atom stereocenters. The fourth-order valence-corrected chi connectivity index (χ4v) is 2.11. The predicted octanol–water partition coefficient (Wildman–Crippen LogP) is 3.08. The zero-order chi connectivity index (χ0) is 15.5. The first kappa shape index (κ1) is 14.1. The molecule has 0 spiro atoms. The number of H-pyrrole nitrogens is 1. The molecule has 0 saturated carbocycles. The third-order valence-corrected chi connectivity index (χ3v) is 3.27. The topological polar surface area (TPSA) is 62.1 Å². The molecule has 0 saturated heterocycles. The van der Waals surface area contributed by atoms with E-state index in [-0.39, 0.29) is 11.7 Å². The fraction of sp³-hybridized carbons (Fsp3) is 0.125. The van der Waals surface area contributed by atoms with Gasteiger partial charge in [0.2, 0.25) is 0 Å². The molecule has 22 heavy (non-hydrogen) atoms. The zero-order valence-corrected chi connectivity index (χ0v) is 11.9. The molecule has 5 nitrogen and oxygen atoms in total. The minimum absolute atomic E-state index is 0.197. The van der Waals surface area contributed by atoms with Crippen molar-refractivity contribution >= 4 is 5.91 Å². The summed E-state index contributed by atoms with van der Waals surface area (Å²) in [6, 6.07) is 11.2. The van der Waals surface area contributed by atoms with Gasteiger partial charge in [-0.15, -0.1) is 0 Å². The van der Waals surface area contributed by atoms with Crippen LogP contribution >= 0.6 is 0 Å². The largest absolute Gasteiger partial charge is 0.467 e. The van der Waals surface area contributed by atoms with Crippen molar-refractivity contribution < 1.29 is 13.6 Å². The number of hydrogen-bond donors (Lipinski definition) is 1. The first-order valence-corrected chi connectivity index (χ1v) is 6.72. The van der Waals surface area contributed by atoms with Gasteiger partial charge < -0.3 is 9.32 Å². The van der Waals surface area contributed by atoms with Crippen LogP contribution in [0.4, 0.5) is 4.39 Å². The molecular formula is C16H14FN3O2. The van der Waals surface area contributed by atoms with Crippen LogP contribution in [-0.4, -0.2) is 28.1 Å². The van der Waals surface area contributed by atoms with E-state index < -0.39 is 0 Å². The molecule has 1 aromatic carbocycles. The number of carbonyl (C=O) groups excluding carboxylic acids is 1. The molecule has 0 aliphatic heterocycles. The second-order valence-electron chi connectivity index (χ2n) is 4.91. The van der Waals surface area contributed by atoms with Gasteiger partial charge in [0.25, 0.3) is 5.91 Å². The van der Waals surface area contributed by atoms with E-state index in [0.29, 0.717) is 23.7 Å². The highest BCUT2D eigenvalue weighted by atomic mass is 19.1. The Morgan fingerprint density at radius 2 is 2.09 bits per heavy atom. The summed E-state index contributed by atoms with van der Waals surface area (Å²) in [4.78, 5) is 13.9. The van der Waals surface area contributed by atoms with Crippen molar-refractivity contribution in [1.82, 2.24) is 15.1 Å². The Kier molecular flexibility index (Phi) is 3.74. The Bertz CT molecular complexity index is 763.